The van der Waals surface area contributed by atoms with Crippen LogP contribution in [-0.4, -0.2) is 28.6 Å². The molecule has 0 aliphatic heterocycles. The maximum Gasteiger partial charge on any atom is 0.408 e. The lowest BCUT2D eigenvalue weighted by atomic mass is 10.1. The molecule has 1 aromatic carbocycles. The van der Waals surface area contributed by atoms with Crippen molar-refractivity contribution in [3.63, 3.8) is 0 Å². The molecule has 0 aliphatic rings. The minimum atomic E-state index is -0.864. The summed E-state index contributed by atoms with van der Waals surface area (Å²) < 4.78 is 5.26. The monoisotopic (exact) mass is 444 g/mol. The third-order valence-electron chi connectivity index (χ3n) is 3.44. The lowest BCUT2D eigenvalue weighted by Crippen LogP contribution is -2.49. The van der Waals surface area contributed by atoms with Crippen molar-refractivity contribution >= 4 is 51.7 Å². The van der Waals surface area contributed by atoms with Gasteiger partial charge in [0.05, 0.1) is 16.6 Å². The fourth-order valence-electron chi connectivity index (χ4n) is 2.26. The van der Waals surface area contributed by atoms with Gasteiger partial charge in [-0.2, -0.15) is 0 Å². The summed E-state index contributed by atoms with van der Waals surface area (Å²) in [4.78, 5) is 29.6. The Morgan fingerprint density at radius 1 is 1.29 bits per heavy atom. The molecule has 152 valence electrons. The highest BCUT2D eigenvalue weighted by Gasteiger charge is 2.25. The highest BCUT2D eigenvalue weighted by atomic mass is 35.5. The number of alkyl carbamates (subject to hydrolysis) is 1. The van der Waals surface area contributed by atoms with E-state index in [0.717, 1.165) is 10.4 Å². The molecule has 0 saturated heterocycles. The van der Waals surface area contributed by atoms with Crippen LogP contribution < -0.4 is 16.4 Å². The fraction of sp³-hybridized carbons (Fsp3) is 0.389. The van der Waals surface area contributed by atoms with Gasteiger partial charge in [0.1, 0.15) is 11.6 Å². The van der Waals surface area contributed by atoms with Crippen molar-refractivity contribution in [2.45, 2.75) is 45.4 Å². The van der Waals surface area contributed by atoms with E-state index in [1.54, 1.807) is 45.2 Å². The summed E-state index contributed by atoms with van der Waals surface area (Å²) in [6, 6.07) is 4.18. The molecule has 0 unspecified atom stereocenters. The number of anilines is 1. The van der Waals surface area contributed by atoms with Gasteiger partial charge in [0.15, 0.2) is 5.13 Å². The molecule has 1 heterocycles. The number of carbonyl (C=O) groups excluding carboxylic acids is 2. The van der Waals surface area contributed by atoms with E-state index in [4.69, 9.17) is 33.7 Å². The standard InChI is InChI=1S/C18H22Cl2N4O3S/c1-18(2,3)27-17(26)24-14(7-10-4-5-12(19)13(20)6-10)15(25)22-8-11-9-23-16(21)28-11/h4-6,9,14H,7-8H2,1-3H3,(H2,21,23)(H,22,25)(H,24,26)/t14-/m0/s1. The van der Waals surface area contributed by atoms with Gasteiger partial charge in [-0.15, -0.1) is 11.3 Å². The maximum absolute atomic E-state index is 12.7. The average Bonchev–Trinajstić information content (AvgIpc) is 2.99. The van der Waals surface area contributed by atoms with Gasteiger partial charge in [-0.25, -0.2) is 9.78 Å². The van der Waals surface area contributed by atoms with E-state index in [2.05, 4.69) is 15.6 Å². The highest BCUT2D eigenvalue weighted by Crippen LogP contribution is 2.23. The molecule has 7 nitrogen and oxygen atoms in total. The van der Waals surface area contributed by atoms with E-state index in [9.17, 15) is 9.59 Å². The number of nitrogens with one attached hydrogen (secondary N) is 2. The normalized spacial score (nSPS) is 12.3. The van der Waals surface area contributed by atoms with Crippen LogP contribution in [0.25, 0.3) is 0 Å². The lowest BCUT2D eigenvalue weighted by molar-refractivity contribution is -0.123. The fourth-order valence-corrected chi connectivity index (χ4v) is 3.21. The molecular weight excluding hydrogens is 423 g/mol. The van der Waals surface area contributed by atoms with Gasteiger partial charge < -0.3 is 21.1 Å². The molecule has 1 atom stereocenters. The molecule has 2 rings (SSSR count). The summed E-state index contributed by atoms with van der Waals surface area (Å²) in [5, 5.41) is 6.59. The zero-order chi connectivity index (χ0) is 20.9. The topological polar surface area (TPSA) is 106 Å². The smallest absolute Gasteiger partial charge is 0.408 e. The van der Waals surface area contributed by atoms with E-state index in [-0.39, 0.29) is 18.9 Å². The number of carbonyl (C=O) groups is 2. The van der Waals surface area contributed by atoms with Crippen LogP contribution in [0.3, 0.4) is 0 Å². The molecule has 0 spiro atoms. The molecule has 0 bridgehead atoms. The summed E-state index contributed by atoms with van der Waals surface area (Å²) in [5.41, 5.74) is 5.65. The largest absolute Gasteiger partial charge is 0.444 e. The summed E-state index contributed by atoms with van der Waals surface area (Å²) in [6.07, 6.45) is 1.12. The third-order valence-corrected chi connectivity index (χ3v) is 5.01. The number of thiazole rings is 1. The molecule has 1 aromatic heterocycles. The predicted octanol–water partition coefficient (Wildman–Crippen LogP) is 3.78. The van der Waals surface area contributed by atoms with Gasteiger partial charge >= 0.3 is 6.09 Å². The number of halogens is 2. The number of nitrogen functional groups attached to an aromatic ring is 1. The van der Waals surface area contributed by atoms with Crippen molar-refractivity contribution in [1.29, 1.82) is 0 Å². The number of nitrogens with zero attached hydrogens (tertiary/aromatic N) is 1. The lowest BCUT2D eigenvalue weighted by Gasteiger charge is -2.23. The van der Waals surface area contributed by atoms with Gasteiger partial charge in [0.2, 0.25) is 5.91 Å². The number of benzene rings is 1. The van der Waals surface area contributed by atoms with Gasteiger partial charge in [-0.05, 0) is 38.5 Å². The second-order valence-electron chi connectivity index (χ2n) is 7.03. The number of amides is 2. The first-order chi connectivity index (χ1) is 13.0. The summed E-state index contributed by atoms with van der Waals surface area (Å²) >= 11 is 13.3. The van der Waals surface area contributed by atoms with Crippen LogP contribution in [0.1, 0.15) is 31.2 Å². The number of nitrogens with two attached hydrogens (primary N) is 1. The van der Waals surface area contributed by atoms with Crippen LogP contribution in [0.5, 0.6) is 0 Å². The predicted molar refractivity (Wildman–Crippen MR) is 112 cm³/mol. The number of rotatable bonds is 6. The summed E-state index contributed by atoms with van der Waals surface area (Å²) in [7, 11) is 0. The second kappa shape index (κ2) is 9.45. The maximum atomic E-state index is 12.7. The van der Waals surface area contributed by atoms with Crippen molar-refractivity contribution in [1.82, 2.24) is 15.6 Å². The van der Waals surface area contributed by atoms with Gasteiger partial charge in [-0.1, -0.05) is 29.3 Å². The van der Waals surface area contributed by atoms with Crippen molar-refractivity contribution in [2.75, 3.05) is 5.73 Å². The minimum Gasteiger partial charge on any atom is -0.444 e. The van der Waals surface area contributed by atoms with Crippen LogP contribution in [0.4, 0.5) is 9.93 Å². The van der Waals surface area contributed by atoms with Crippen molar-refractivity contribution in [2.24, 2.45) is 0 Å². The molecule has 0 aliphatic carbocycles. The van der Waals surface area contributed by atoms with Gasteiger partial charge in [0.25, 0.3) is 0 Å². The van der Waals surface area contributed by atoms with Crippen LogP contribution >= 0.6 is 34.5 Å². The van der Waals surface area contributed by atoms with Crippen molar-refractivity contribution in [3.05, 3.63) is 44.9 Å². The van der Waals surface area contributed by atoms with E-state index in [1.165, 1.54) is 11.3 Å². The Labute approximate surface area is 177 Å². The van der Waals surface area contributed by atoms with Crippen LogP contribution in [-0.2, 0) is 22.5 Å². The zero-order valence-corrected chi connectivity index (χ0v) is 18.0. The quantitative estimate of drug-likeness (QED) is 0.628. The molecule has 10 heteroatoms. The summed E-state index contributed by atoms with van der Waals surface area (Å²) in [5.74, 6) is -0.371. The zero-order valence-electron chi connectivity index (χ0n) is 15.7. The number of aromatic nitrogens is 1. The number of hydrogen-bond acceptors (Lipinski definition) is 6. The first-order valence-electron chi connectivity index (χ1n) is 8.45. The number of hydrogen-bond donors (Lipinski definition) is 3. The van der Waals surface area contributed by atoms with Crippen LogP contribution in [0, 0.1) is 0 Å². The minimum absolute atomic E-state index is 0.215. The molecule has 0 saturated carbocycles. The van der Waals surface area contributed by atoms with Gasteiger partial charge in [-0.3, -0.25) is 4.79 Å². The van der Waals surface area contributed by atoms with E-state index < -0.39 is 17.7 Å². The molecule has 28 heavy (non-hydrogen) atoms. The summed E-state index contributed by atoms with van der Waals surface area (Å²) in [6.45, 7) is 5.49. The molecule has 2 aromatic rings. The third kappa shape index (κ3) is 7.18. The first-order valence-corrected chi connectivity index (χ1v) is 10.0. The van der Waals surface area contributed by atoms with Crippen LogP contribution in [0.15, 0.2) is 24.4 Å². The van der Waals surface area contributed by atoms with E-state index in [0.29, 0.717) is 15.2 Å². The highest BCUT2D eigenvalue weighted by molar-refractivity contribution is 7.15. The van der Waals surface area contributed by atoms with Crippen molar-refractivity contribution in [3.8, 4) is 0 Å². The van der Waals surface area contributed by atoms with E-state index >= 15 is 0 Å². The molecule has 4 N–H and O–H groups in total. The van der Waals surface area contributed by atoms with Gasteiger partial charge in [0, 0.05) is 17.5 Å². The van der Waals surface area contributed by atoms with E-state index in [1.807, 2.05) is 0 Å². The van der Waals surface area contributed by atoms with Crippen molar-refractivity contribution < 1.29 is 14.3 Å². The average molecular weight is 445 g/mol. The Hall–Kier alpha value is -2.03. The molecular formula is C18H22Cl2N4O3S. The second-order valence-corrected chi connectivity index (χ2v) is 9.00. The molecule has 0 radical (unpaired) electrons. The first kappa shape index (κ1) is 22.3. The van der Waals surface area contributed by atoms with Crippen LogP contribution in [0.2, 0.25) is 10.0 Å². The Kier molecular flexibility index (Phi) is 7.51. The Morgan fingerprint density at radius 2 is 2.00 bits per heavy atom. The molecule has 0 fully saturated rings. The Bertz CT molecular complexity index is 852. The molecule has 2 amide bonds. The Balaban J connectivity index is 2.10. The SMILES string of the molecule is CC(C)(C)OC(=O)N[C@@H](Cc1ccc(Cl)c(Cl)c1)C(=O)NCc1cnc(N)s1. The Morgan fingerprint density at radius 3 is 2.57 bits per heavy atom. The number of ether oxygens (including phenoxy) is 1.